The fourth-order valence-electron chi connectivity index (χ4n) is 2.14. The van der Waals surface area contributed by atoms with Crippen LogP contribution in [0.3, 0.4) is 0 Å². The van der Waals surface area contributed by atoms with Crippen LogP contribution in [0.15, 0.2) is 0 Å². The first kappa shape index (κ1) is 14.4. The summed E-state index contributed by atoms with van der Waals surface area (Å²) in [4.78, 5) is 13.6. The third kappa shape index (κ3) is 4.63. The summed E-state index contributed by atoms with van der Waals surface area (Å²) < 4.78 is 22.0. The van der Waals surface area contributed by atoms with Crippen molar-refractivity contribution in [3.8, 4) is 0 Å². The predicted molar refractivity (Wildman–Crippen MR) is 67.3 cm³/mol. The molecule has 0 aromatic rings. The van der Waals surface area contributed by atoms with E-state index in [0.717, 1.165) is 19.1 Å². The summed E-state index contributed by atoms with van der Waals surface area (Å²) in [5.41, 5.74) is 5.96. The maximum atomic E-state index is 11.8. The van der Waals surface area contributed by atoms with Crippen molar-refractivity contribution in [2.75, 3.05) is 25.1 Å². The first-order valence-corrected chi connectivity index (χ1v) is 8.10. The Bertz CT molecular complexity index is 367. The van der Waals surface area contributed by atoms with Crippen molar-refractivity contribution in [3.63, 3.8) is 0 Å². The minimum Gasteiger partial charge on any atom is -0.342 e. The van der Waals surface area contributed by atoms with Crippen molar-refractivity contribution in [2.45, 2.75) is 32.2 Å². The van der Waals surface area contributed by atoms with Gasteiger partial charge in [0.05, 0.1) is 5.75 Å². The van der Waals surface area contributed by atoms with Gasteiger partial charge in [-0.05, 0) is 12.3 Å². The van der Waals surface area contributed by atoms with E-state index in [4.69, 9.17) is 5.73 Å². The smallest absolute Gasteiger partial charge is 0.223 e. The minimum absolute atomic E-state index is 0.0643. The van der Waals surface area contributed by atoms with Crippen molar-refractivity contribution in [3.05, 3.63) is 0 Å². The number of nitrogens with zero attached hydrogens (tertiary/aromatic N) is 1. The molecule has 1 aliphatic rings. The molecule has 0 aliphatic carbocycles. The summed E-state index contributed by atoms with van der Waals surface area (Å²) in [5.74, 6) is 0.206. The van der Waals surface area contributed by atoms with Gasteiger partial charge < -0.3 is 10.6 Å². The predicted octanol–water partition coefficient (Wildman–Crippen LogP) is 0.00690. The second-order valence-electron chi connectivity index (χ2n) is 4.84. The Hall–Kier alpha value is -0.620. The lowest BCUT2D eigenvalue weighted by molar-refractivity contribution is -0.132. The highest BCUT2D eigenvalue weighted by Gasteiger charge is 2.28. The zero-order chi connectivity index (χ0) is 13.1. The lowest BCUT2D eigenvalue weighted by Gasteiger charge is -2.36. The molecule has 17 heavy (non-hydrogen) atoms. The Balaban J connectivity index is 2.48. The van der Waals surface area contributed by atoms with Crippen LogP contribution in [0.4, 0.5) is 0 Å². The number of rotatable bonds is 4. The fourth-order valence-corrected chi connectivity index (χ4v) is 2.68. The summed E-state index contributed by atoms with van der Waals surface area (Å²) in [5, 5.41) is 0. The molecule has 2 atom stereocenters. The van der Waals surface area contributed by atoms with E-state index >= 15 is 0 Å². The van der Waals surface area contributed by atoms with Gasteiger partial charge in [-0.2, -0.15) is 0 Å². The number of carbonyl (C=O) groups excluding carboxylic acids is 1. The molecule has 1 saturated heterocycles. The first-order chi connectivity index (χ1) is 7.83. The molecule has 2 unspecified atom stereocenters. The van der Waals surface area contributed by atoms with Gasteiger partial charge in [-0.1, -0.05) is 13.3 Å². The summed E-state index contributed by atoms with van der Waals surface area (Å²) >= 11 is 0. The van der Waals surface area contributed by atoms with Crippen molar-refractivity contribution in [1.29, 1.82) is 0 Å². The topological polar surface area (TPSA) is 80.5 Å². The first-order valence-electron chi connectivity index (χ1n) is 6.04. The van der Waals surface area contributed by atoms with Crippen LogP contribution in [0, 0.1) is 5.92 Å². The van der Waals surface area contributed by atoms with Gasteiger partial charge in [-0.3, -0.25) is 4.79 Å². The Labute approximate surface area is 103 Å². The number of carbonyl (C=O) groups is 1. The molecule has 5 nitrogen and oxygen atoms in total. The molecule has 0 bridgehead atoms. The largest absolute Gasteiger partial charge is 0.342 e. The monoisotopic (exact) mass is 262 g/mol. The van der Waals surface area contributed by atoms with Gasteiger partial charge >= 0.3 is 0 Å². The number of nitrogens with two attached hydrogens (primary N) is 1. The molecule has 1 fully saturated rings. The third-order valence-corrected chi connectivity index (χ3v) is 4.30. The lowest BCUT2D eigenvalue weighted by Crippen LogP contribution is -2.49. The molecule has 100 valence electrons. The van der Waals surface area contributed by atoms with Crippen LogP contribution in [0.1, 0.15) is 26.2 Å². The zero-order valence-corrected chi connectivity index (χ0v) is 11.4. The molecule has 0 radical (unpaired) electrons. The second kappa shape index (κ2) is 5.82. The van der Waals surface area contributed by atoms with Crippen LogP contribution in [-0.4, -0.2) is 50.4 Å². The summed E-state index contributed by atoms with van der Waals surface area (Å²) in [6, 6.07) is 0.166. The molecular weight excluding hydrogens is 240 g/mol. The highest BCUT2D eigenvalue weighted by Crippen LogP contribution is 2.19. The number of amides is 1. The van der Waals surface area contributed by atoms with Gasteiger partial charge in [0.1, 0.15) is 9.84 Å². The normalized spacial score (nSPS) is 25.9. The van der Waals surface area contributed by atoms with E-state index in [1.54, 1.807) is 4.90 Å². The van der Waals surface area contributed by atoms with Crippen LogP contribution in [-0.2, 0) is 14.6 Å². The van der Waals surface area contributed by atoms with E-state index in [1.165, 1.54) is 0 Å². The van der Waals surface area contributed by atoms with E-state index < -0.39 is 9.84 Å². The molecule has 2 N–H and O–H groups in total. The quantitative estimate of drug-likeness (QED) is 0.773. The van der Waals surface area contributed by atoms with Crippen LogP contribution < -0.4 is 5.73 Å². The number of likely N-dealkylation sites (tertiary alicyclic amines) is 1. The highest BCUT2D eigenvalue weighted by atomic mass is 32.2. The fraction of sp³-hybridized carbons (Fsp3) is 0.909. The molecule has 0 aromatic carbocycles. The van der Waals surface area contributed by atoms with E-state index in [1.807, 2.05) is 0 Å². The van der Waals surface area contributed by atoms with Gasteiger partial charge in [-0.15, -0.1) is 0 Å². The number of sulfone groups is 1. The van der Waals surface area contributed by atoms with Gasteiger partial charge in [0.25, 0.3) is 0 Å². The molecule has 1 rings (SSSR count). The van der Waals surface area contributed by atoms with E-state index in [0.29, 0.717) is 19.0 Å². The Kier molecular flexibility index (Phi) is 4.94. The summed E-state index contributed by atoms with van der Waals surface area (Å²) in [6.07, 6.45) is 3.01. The average molecular weight is 262 g/mol. The van der Waals surface area contributed by atoms with Gasteiger partial charge in [0.15, 0.2) is 0 Å². The molecule has 0 spiro atoms. The van der Waals surface area contributed by atoms with Gasteiger partial charge in [-0.25, -0.2) is 8.42 Å². The molecule has 0 saturated carbocycles. The van der Waals surface area contributed by atoms with Crippen molar-refractivity contribution < 1.29 is 13.2 Å². The second-order valence-corrected chi connectivity index (χ2v) is 7.10. The highest BCUT2D eigenvalue weighted by molar-refractivity contribution is 7.90. The molecule has 1 amide bonds. The molecular formula is C11H22N2O3S. The van der Waals surface area contributed by atoms with Crippen molar-refractivity contribution in [1.82, 2.24) is 4.90 Å². The number of hydrogen-bond acceptors (Lipinski definition) is 4. The zero-order valence-electron chi connectivity index (χ0n) is 10.6. The van der Waals surface area contributed by atoms with E-state index in [9.17, 15) is 13.2 Å². The lowest BCUT2D eigenvalue weighted by atomic mass is 9.90. The van der Waals surface area contributed by atoms with Crippen LogP contribution in [0.25, 0.3) is 0 Å². The van der Waals surface area contributed by atoms with E-state index in [2.05, 4.69) is 6.92 Å². The van der Waals surface area contributed by atoms with Gasteiger partial charge in [0.2, 0.25) is 5.91 Å². The molecule has 1 aliphatic heterocycles. The number of piperidine rings is 1. The summed E-state index contributed by atoms with van der Waals surface area (Å²) in [7, 11) is -3.06. The Morgan fingerprint density at radius 2 is 2.12 bits per heavy atom. The average Bonchev–Trinajstić information content (AvgIpc) is 2.25. The van der Waals surface area contributed by atoms with E-state index in [-0.39, 0.29) is 24.1 Å². The maximum Gasteiger partial charge on any atom is 0.223 e. The van der Waals surface area contributed by atoms with Crippen molar-refractivity contribution in [2.24, 2.45) is 11.7 Å². The van der Waals surface area contributed by atoms with Crippen LogP contribution in [0.5, 0.6) is 0 Å². The SMILES string of the molecule is CCC1CN(C(=O)CCS(C)(=O)=O)CCC1N. The standard InChI is InChI=1S/C11H22N2O3S/c1-3-9-8-13(6-4-10(9)12)11(14)5-7-17(2,15)16/h9-10H,3-8,12H2,1-2H3. The van der Waals surface area contributed by atoms with Crippen LogP contribution >= 0.6 is 0 Å². The molecule has 0 aromatic heterocycles. The van der Waals surface area contributed by atoms with Crippen molar-refractivity contribution >= 4 is 15.7 Å². The minimum atomic E-state index is -3.06. The Morgan fingerprint density at radius 1 is 1.47 bits per heavy atom. The third-order valence-electron chi connectivity index (χ3n) is 3.36. The Morgan fingerprint density at radius 3 is 2.65 bits per heavy atom. The summed E-state index contributed by atoms with van der Waals surface area (Å²) in [6.45, 7) is 3.38. The molecule has 6 heteroatoms. The van der Waals surface area contributed by atoms with Crippen LogP contribution in [0.2, 0.25) is 0 Å². The maximum absolute atomic E-state index is 11.8. The molecule has 1 heterocycles. The number of hydrogen-bond donors (Lipinski definition) is 1. The van der Waals surface area contributed by atoms with Gasteiger partial charge in [0, 0.05) is 31.8 Å².